The van der Waals surface area contributed by atoms with Crippen LogP contribution in [-0.2, 0) is 10.2 Å². The molecule has 1 amide bonds. The number of ether oxygens (including phenoxy) is 1. The fourth-order valence-electron chi connectivity index (χ4n) is 3.72. The Bertz CT molecular complexity index is 1510. The molecule has 4 rings (SSSR count). The van der Waals surface area contributed by atoms with Crippen LogP contribution in [0.2, 0.25) is 0 Å². The number of para-hydroxylation sites is 1. The first-order valence-corrected chi connectivity index (χ1v) is 11.2. The van der Waals surface area contributed by atoms with Gasteiger partial charge in [-0.15, -0.1) is 0 Å². The van der Waals surface area contributed by atoms with E-state index < -0.39 is 12.5 Å². The minimum Gasteiger partial charge on any atom is -0.476 e. The third-order valence-corrected chi connectivity index (χ3v) is 5.87. The van der Waals surface area contributed by atoms with Gasteiger partial charge in [0.2, 0.25) is 17.1 Å². The SMILES string of the molecule is Cc1oc(NC(=O)COc2c(-c3ccc(C(C)(C)C)cc3)oc3ccccc3c2=O)c(C#N)c1C. The minimum absolute atomic E-state index is 0.0367. The maximum Gasteiger partial charge on any atom is 0.264 e. The van der Waals surface area contributed by atoms with Crippen molar-refractivity contribution in [2.75, 3.05) is 11.9 Å². The van der Waals surface area contributed by atoms with E-state index in [0.717, 1.165) is 5.56 Å². The van der Waals surface area contributed by atoms with Gasteiger partial charge in [-0.1, -0.05) is 57.2 Å². The molecule has 178 valence electrons. The number of amides is 1. The van der Waals surface area contributed by atoms with Gasteiger partial charge in [0.1, 0.15) is 23.0 Å². The maximum absolute atomic E-state index is 13.3. The van der Waals surface area contributed by atoms with Gasteiger partial charge in [0.15, 0.2) is 12.4 Å². The number of rotatable bonds is 5. The summed E-state index contributed by atoms with van der Waals surface area (Å²) in [5.74, 6) is 0.199. The summed E-state index contributed by atoms with van der Waals surface area (Å²) in [5, 5.41) is 12.3. The Morgan fingerprint density at radius 1 is 1.06 bits per heavy atom. The molecule has 0 saturated heterocycles. The van der Waals surface area contributed by atoms with Crippen LogP contribution in [0.3, 0.4) is 0 Å². The Hall–Kier alpha value is -4.31. The monoisotopic (exact) mass is 470 g/mol. The van der Waals surface area contributed by atoms with Gasteiger partial charge >= 0.3 is 0 Å². The molecule has 0 fully saturated rings. The van der Waals surface area contributed by atoms with Crippen molar-refractivity contribution in [1.82, 2.24) is 0 Å². The van der Waals surface area contributed by atoms with Gasteiger partial charge < -0.3 is 13.6 Å². The van der Waals surface area contributed by atoms with Gasteiger partial charge in [0.25, 0.3) is 5.91 Å². The Kier molecular flexibility index (Phi) is 6.23. The molecule has 0 saturated carbocycles. The van der Waals surface area contributed by atoms with Crippen LogP contribution in [0.4, 0.5) is 5.88 Å². The number of carbonyl (C=O) groups excluding carboxylic acids is 1. The number of fused-ring (bicyclic) bond motifs is 1. The van der Waals surface area contributed by atoms with E-state index in [1.807, 2.05) is 30.3 Å². The second-order valence-electron chi connectivity index (χ2n) is 9.35. The van der Waals surface area contributed by atoms with Crippen molar-refractivity contribution in [1.29, 1.82) is 5.26 Å². The molecule has 0 aliphatic heterocycles. The van der Waals surface area contributed by atoms with Crippen LogP contribution in [0.25, 0.3) is 22.3 Å². The molecule has 0 aliphatic rings. The molecule has 0 spiro atoms. The van der Waals surface area contributed by atoms with Crippen molar-refractivity contribution in [2.24, 2.45) is 0 Å². The number of nitrogens with zero attached hydrogens (tertiary/aromatic N) is 1. The lowest BCUT2D eigenvalue weighted by molar-refractivity contribution is -0.118. The number of anilines is 1. The summed E-state index contributed by atoms with van der Waals surface area (Å²) >= 11 is 0. The number of benzene rings is 2. The van der Waals surface area contributed by atoms with Crippen molar-refractivity contribution in [3.63, 3.8) is 0 Å². The molecule has 0 bridgehead atoms. The zero-order valence-corrected chi connectivity index (χ0v) is 20.3. The normalized spacial score (nSPS) is 11.3. The molecule has 7 nitrogen and oxygen atoms in total. The molecule has 0 unspecified atom stereocenters. The lowest BCUT2D eigenvalue weighted by atomic mass is 9.86. The lowest BCUT2D eigenvalue weighted by Crippen LogP contribution is -2.23. The smallest absolute Gasteiger partial charge is 0.264 e. The van der Waals surface area contributed by atoms with Crippen LogP contribution < -0.4 is 15.5 Å². The van der Waals surface area contributed by atoms with Crippen molar-refractivity contribution >= 4 is 22.8 Å². The van der Waals surface area contributed by atoms with E-state index in [2.05, 4.69) is 26.1 Å². The number of hydrogen-bond acceptors (Lipinski definition) is 6. The summed E-state index contributed by atoms with van der Waals surface area (Å²) in [4.78, 5) is 25.9. The molecule has 7 heteroatoms. The molecular weight excluding hydrogens is 444 g/mol. The zero-order valence-electron chi connectivity index (χ0n) is 20.3. The van der Waals surface area contributed by atoms with E-state index in [9.17, 15) is 14.9 Å². The summed E-state index contributed by atoms with van der Waals surface area (Å²) in [5.41, 5.74) is 2.69. The van der Waals surface area contributed by atoms with Crippen LogP contribution in [0.5, 0.6) is 5.75 Å². The number of furan rings is 1. The summed E-state index contributed by atoms with van der Waals surface area (Å²) in [6, 6.07) is 16.6. The highest BCUT2D eigenvalue weighted by molar-refractivity contribution is 5.92. The van der Waals surface area contributed by atoms with Crippen molar-refractivity contribution in [3.05, 3.63) is 81.2 Å². The third-order valence-electron chi connectivity index (χ3n) is 5.87. The van der Waals surface area contributed by atoms with Crippen LogP contribution in [-0.4, -0.2) is 12.5 Å². The Balaban J connectivity index is 1.68. The van der Waals surface area contributed by atoms with Crippen molar-refractivity contribution in [3.8, 4) is 23.1 Å². The molecular formula is C28H26N2O5. The van der Waals surface area contributed by atoms with Gasteiger partial charge in [-0.05, 0) is 37.0 Å². The first-order valence-electron chi connectivity index (χ1n) is 11.2. The molecule has 2 heterocycles. The van der Waals surface area contributed by atoms with Crippen LogP contribution >= 0.6 is 0 Å². The van der Waals surface area contributed by atoms with Crippen LogP contribution in [0.1, 0.15) is 43.2 Å². The van der Waals surface area contributed by atoms with Gasteiger partial charge in [-0.3, -0.25) is 14.9 Å². The van der Waals surface area contributed by atoms with E-state index in [-0.39, 0.29) is 33.8 Å². The lowest BCUT2D eigenvalue weighted by Gasteiger charge is -2.19. The largest absolute Gasteiger partial charge is 0.476 e. The predicted molar refractivity (Wildman–Crippen MR) is 134 cm³/mol. The van der Waals surface area contributed by atoms with Crippen molar-refractivity contribution in [2.45, 2.75) is 40.0 Å². The number of aryl methyl sites for hydroxylation is 1. The first-order chi connectivity index (χ1) is 16.6. The Labute approximate surface area is 202 Å². The minimum atomic E-state index is -0.572. The van der Waals surface area contributed by atoms with Crippen LogP contribution in [0.15, 0.2) is 62.2 Å². The molecule has 2 aromatic carbocycles. The van der Waals surface area contributed by atoms with Gasteiger partial charge in [0.05, 0.1) is 5.39 Å². The highest BCUT2D eigenvalue weighted by atomic mass is 16.5. The summed E-state index contributed by atoms with van der Waals surface area (Å²) in [6.07, 6.45) is 0. The molecule has 0 aliphatic carbocycles. The Morgan fingerprint density at radius 3 is 2.40 bits per heavy atom. The van der Waals surface area contributed by atoms with Gasteiger partial charge in [-0.2, -0.15) is 5.26 Å². The van der Waals surface area contributed by atoms with Gasteiger partial charge in [-0.25, -0.2) is 0 Å². The Morgan fingerprint density at radius 2 is 1.74 bits per heavy atom. The molecule has 4 aromatic rings. The summed E-state index contributed by atoms with van der Waals surface area (Å²) in [7, 11) is 0. The highest BCUT2D eigenvalue weighted by Gasteiger charge is 2.21. The van der Waals surface area contributed by atoms with Crippen molar-refractivity contribution < 1.29 is 18.4 Å². The maximum atomic E-state index is 13.3. The topological polar surface area (TPSA) is 105 Å². The predicted octanol–water partition coefficient (Wildman–Crippen LogP) is 5.86. The second kappa shape index (κ2) is 9.15. The van der Waals surface area contributed by atoms with E-state index in [0.29, 0.717) is 27.9 Å². The fourth-order valence-corrected chi connectivity index (χ4v) is 3.72. The highest BCUT2D eigenvalue weighted by Crippen LogP contribution is 2.33. The quantitative estimate of drug-likeness (QED) is 0.392. The van der Waals surface area contributed by atoms with Gasteiger partial charge in [0, 0.05) is 11.1 Å². The third kappa shape index (κ3) is 4.69. The number of nitriles is 1. The molecule has 35 heavy (non-hydrogen) atoms. The molecule has 2 aromatic heterocycles. The van der Waals surface area contributed by atoms with Crippen LogP contribution in [0, 0.1) is 25.2 Å². The molecule has 1 N–H and O–H groups in total. The standard InChI is InChI=1S/C28H26N2O5/c1-16-17(2)34-27(21(16)14-29)30-23(31)15-33-26-24(32)20-8-6-7-9-22(20)35-25(26)18-10-12-19(13-11-18)28(3,4)5/h6-13H,15H2,1-5H3,(H,30,31). The zero-order chi connectivity index (χ0) is 25.3. The average molecular weight is 471 g/mol. The summed E-state index contributed by atoms with van der Waals surface area (Å²) < 4.78 is 17.3. The van der Waals surface area contributed by atoms with E-state index in [1.165, 1.54) is 0 Å². The first kappa shape index (κ1) is 23.8. The van der Waals surface area contributed by atoms with E-state index in [4.69, 9.17) is 13.6 Å². The fraction of sp³-hybridized carbons (Fsp3) is 0.250. The second-order valence-corrected chi connectivity index (χ2v) is 9.35. The molecule has 0 atom stereocenters. The summed E-state index contributed by atoms with van der Waals surface area (Å²) in [6.45, 7) is 9.32. The molecule has 0 radical (unpaired) electrons. The number of hydrogen-bond donors (Lipinski definition) is 1. The number of nitrogens with one attached hydrogen (secondary N) is 1. The van der Waals surface area contributed by atoms with E-state index in [1.54, 1.807) is 38.1 Å². The average Bonchev–Trinajstić information content (AvgIpc) is 3.09. The van der Waals surface area contributed by atoms with E-state index >= 15 is 0 Å². The number of carbonyl (C=O) groups is 1.